The molecule has 2 aromatic rings. The van der Waals surface area contributed by atoms with Crippen LogP contribution in [0.15, 0.2) is 53.0 Å². The number of halogens is 1. The van der Waals surface area contributed by atoms with Crippen LogP contribution in [0.5, 0.6) is 0 Å². The van der Waals surface area contributed by atoms with Crippen LogP contribution in [-0.2, 0) is 17.8 Å². The minimum atomic E-state index is 0.0512. The number of carbonyl (C=O) groups is 1. The molecule has 0 atom stereocenters. The van der Waals surface area contributed by atoms with Crippen LogP contribution in [0.3, 0.4) is 0 Å². The lowest BCUT2D eigenvalue weighted by molar-refractivity contribution is -0.121. The van der Waals surface area contributed by atoms with Crippen LogP contribution >= 0.6 is 15.9 Å². The van der Waals surface area contributed by atoms with Gasteiger partial charge in [-0.15, -0.1) is 0 Å². The molecular formula is C16H17BrN2O. The molecule has 1 amide bonds. The van der Waals surface area contributed by atoms with Gasteiger partial charge in [0, 0.05) is 23.1 Å². The van der Waals surface area contributed by atoms with E-state index in [2.05, 4.69) is 21.2 Å². The highest BCUT2D eigenvalue weighted by Crippen LogP contribution is 2.11. The van der Waals surface area contributed by atoms with Crippen molar-refractivity contribution in [1.29, 1.82) is 0 Å². The van der Waals surface area contributed by atoms with Crippen LogP contribution in [0, 0.1) is 0 Å². The molecule has 0 saturated carbocycles. The minimum Gasteiger partial charge on any atom is -0.399 e. The quantitative estimate of drug-likeness (QED) is 0.825. The molecule has 0 aliphatic heterocycles. The molecule has 104 valence electrons. The van der Waals surface area contributed by atoms with Crippen LogP contribution in [0.4, 0.5) is 5.69 Å². The number of nitrogens with two attached hydrogens (primary N) is 1. The molecule has 0 aliphatic carbocycles. The zero-order chi connectivity index (χ0) is 14.4. The van der Waals surface area contributed by atoms with Crippen LogP contribution in [0.1, 0.15) is 17.5 Å². The first-order valence-electron chi connectivity index (χ1n) is 6.49. The molecule has 20 heavy (non-hydrogen) atoms. The Labute approximate surface area is 127 Å². The molecule has 0 bridgehead atoms. The highest BCUT2D eigenvalue weighted by atomic mass is 79.9. The van der Waals surface area contributed by atoms with Crippen LogP contribution < -0.4 is 11.1 Å². The van der Waals surface area contributed by atoms with Gasteiger partial charge in [0.2, 0.25) is 5.91 Å². The highest BCUT2D eigenvalue weighted by Gasteiger charge is 2.02. The zero-order valence-corrected chi connectivity index (χ0v) is 12.7. The standard InChI is InChI=1S/C16H17BrN2O/c17-14-7-4-13(5-8-14)11-19-16(20)9-6-12-2-1-3-15(18)10-12/h1-5,7-8,10H,6,9,11,18H2,(H,19,20). The molecule has 3 nitrogen and oxygen atoms in total. The number of anilines is 1. The molecule has 0 saturated heterocycles. The van der Waals surface area contributed by atoms with E-state index in [9.17, 15) is 4.79 Å². The molecule has 0 radical (unpaired) electrons. The summed E-state index contributed by atoms with van der Waals surface area (Å²) in [5, 5.41) is 2.92. The van der Waals surface area contributed by atoms with E-state index in [1.165, 1.54) is 0 Å². The molecule has 2 aromatic carbocycles. The minimum absolute atomic E-state index is 0.0512. The Kier molecular flexibility index (Phi) is 5.18. The fourth-order valence-electron chi connectivity index (χ4n) is 1.90. The predicted octanol–water partition coefficient (Wildman–Crippen LogP) is 3.28. The third-order valence-electron chi connectivity index (χ3n) is 2.99. The second kappa shape index (κ2) is 7.10. The molecule has 0 aromatic heterocycles. The number of carbonyl (C=O) groups excluding carboxylic acids is 1. The lowest BCUT2D eigenvalue weighted by Gasteiger charge is -2.06. The van der Waals surface area contributed by atoms with Crippen LogP contribution in [0.25, 0.3) is 0 Å². The maximum atomic E-state index is 11.8. The average Bonchev–Trinajstić information content (AvgIpc) is 2.45. The van der Waals surface area contributed by atoms with Gasteiger partial charge in [-0.05, 0) is 41.8 Å². The van der Waals surface area contributed by atoms with Crippen molar-refractivity contribution in [2.24, 2.45) is 0 Å². The number of amides is 1. The Hall–Kier alpha value is -1.81. The zero-order valence-electron chi connectivity index (χ0n) is 11.1. The molecule has 0 spiro atoms. The summed E-state index contributed by atoms with van der Waals surface area (Å²) < 4.78 is 1.04. The highest BCUT2D eigenvalue weighted by molar-refractivity contribution is 9.10. The van der Waals surface area contributed by atoms with E-state index in [4.69, 9.17) is 5.73 Å². The number of benzene rings is 2. The van der Waals surface area contributed by atoms with Gasteiger partial charge >= 0.3 is 0 Å². The van der Waals surface area contributed by atoms with Gasteiger partial charge in [-0.1, -0.05) is 40.2 Å². The Morgan fingerprint density at radius 2 is 1.85 bits per heavy atom. The third-order valence-corrected chi connectivity index (χ3v) is 3.52. The summed E-state index contributed by atoms with van der Waals surface area (Å²) in [5.41, 5.74) is 8.62. The molecule has 3 N–H and O–H groups in total. The number of aryl methyl sites for hydroxylation is 1. The fourth-order valence-corrected chi connectivity index (χ4v) is 2.16. The molecule has 0 unspecified atom stereocenters. The normalized spacial score (nSPS) is 10.2. The van der Waals surface area contributed by atoms with Gasteiger partial charge in [0.1, 0.15) is 0 Å². The number of rotatable bonds is 5. The lowest BCUT2D eigenvalue weighted by atomic mass is 10.1. The van der Waals surface area contributed by atoms with E-state index in [0.29, 0.717) is 19.4 Å². The van der Waals surface area contributed by atoms with Crippen molar-refractivity contribution >= 4 is 27.5 Å². The number of hydrogen-bond donors (Lipinski definition) is 2. The number of nitrogen functional groups attached to an aromatic ring is 1. The lowest BCUT2D eigenvalue weighted by Crippen LogP contribution is -2.22. The summed E-state index contributed by atoms with van der Waals surface area (Å²) in [5.74, 6) is 0.0512. The topological polar surface area (TPSA) is 55.1 Å². The molecule has 4 heteroatoms. The third kappa shape index (κ3) is 4.70. The average molecular weight is 333 g/mol. The van der Waals surface area contributed by atoms with Gasteiger partial charge in [0.05, 0.1) is 0 Å². The summed E-state index contributed by atoms with van der Waals surface area (Å²) in [6, 6.07) is 15.6. The predicted molar refractivity (Wildman–Crippen MR) is 85.2 cm³/mol. The number of hydrogen-bond acceptors (Lipinski definition) is 2. The first-order chi connectivity index (χ1) is 9.63. The Morgan fingerprint density at radius 1 is 1.10 bits per heavy atom. The summed E-state index contributed by atoms with van der Waals surface area (Å²) >= 11 is 3.38. The summed E-state index contributed by atoms with van der Waals surface area (Å²) in [6.45, 7) is 0.559. The van der Waals surface area contributed by atoms with Crippen LogP contribution in [0.2, 0.25) is 0 Å². The monoisotopic (exact) mass is 332 g/mol. The second-order valence-electron chi connectivity index (χ2n) is 4.65. The van der Waals surface area contributed by atoms with Crippen molar-refractivity contribution in [2.75, 3.05) is 5.73 Å². The van der Waals surface area contributed by atoms with E-state index < -0.39 is 0 Å². The molecule has 2 rings (SSSR count). The first-order valence-corrected chi connectivity index (χ1v) is 7.28. The van der Waals surface area contributed by atoms with E-state index in [1.54, 1.807) is 0 Å². The van der Waals surface area contributed by atoms with E-state index in [1.807, 2.05) is 48.5 Å². The van der Waals surface area contributed by atoms with Crippen molar-refractivity contribution in [3.05, 3.63) is 64.1 Å². The van der Waals surface area contributed by atoms with Gasteiger partial charge in [0.25, 0.3) is 0 Å². The summed E-state index contributed by atoms with van der Waals surface area (Å²) in [7, 11) is 0. The van der Waals surface area contributed by atoms with Crippen molar-refractivity contribution in [3.8, 4) is 0 Å². The number of nitrogens with one attached hydrogen (secondary N) is 1. The smallest absolute Gasteiger partial charge is 0.220 e. The first kappa shape index (κ1) is 14.6. The van der Waals surface area contributed by atoms with E-state index in [0.717, 1.165) is 21.3 Å². The summed E-state index contributed by atoms with van der Waals surface area (Å²) in [6.07, 6.45) is 1.18. The Balaban J connectivity index is 1.77. The maximum Gasteiger partial charge on any atom is 0.220 e. The van der Waals surface area contributed by atoms with E-state index in [-0.39, 0.29) is 5.91 Å². The van der Waals surface area contributed by atoms with Crippen molar-refractivity contribution < 1.29 is 4.79 Å². The maximum absolute atomic E-state index is 11.8. The molecule has 0 aliphatic rings. The Bertz CT molecular complexity index is 581. The SMILES string of the molecule is Nc1cccc(CCC(=O)NCc2ccc(Br)cc2)c1. The van der Waals surface area contributed by atoms with Gasteiger partial charge in [0.15, 0.2) is 0 Å². The van der Waals surface area contributed by atoms with Crippen LogP contribution in [-0.4, -0.2) is 5.91 Å². The molecule has 0 heterocycles. The molecular weight excluding hydrogens is 316 g/mol. The van der Waals surface area contributed by atoms with Gasteiger partial charge in [-0.2, -0.15) is 0 Å². The van der Waals surface area contributed by atoms with Gasteiger partial charge in [-0.25, -0.2) is 0 Å². The summed E-state index contributed by atoms with van der Waals surface area (Å²) in [4.78, 5) is 11.8. The second-order valence-corrected chi connectivity index (χ2v) is 5.56. The van der Waals surface area contributed by atoms with Gasteiger partial charge in [-0.3, -0.25) is 4.79 Å². The molecule has 0 fully saturated rings. The van der Waals surface area contributed by atoms with Crippen molar-refractivity contribution in [3.63, 3.8) is 0 Å². The largest absolute Gasteiger partial charge is 0.399 e. The van der Waals surface area contributed by atoms with Crippen molar-refractivity contribution in [2.45, 2.75) is 19.4 Å². The Morgan fingerprint density at radius 3 is 2.55 bits per heavy atom. The van der Waals surface area contributed by atoms with Crippen molar-refractivity contribution in [1.82, 2.24) is 5.32 Å². The fraction of sp³-hybridized carbons (Fsp3) is 0.188. The van der Waals surface area contributed by atoms with E-state index >= 15 is 0 Å². The van der Waals surface area contributed by atoms with Gasteiger partial charge < -0.3 is 11.1 Å².